The van der Waals surface area contributed by atoms with Crippen LogP contribution in [0, 0.1) is 0 Å². The fourth-order valence-corrected chi connectivity index (χ4v) is 13.7. The Morgan fingerprint density at radius 2 is 0.412 bits per heavy atom. The fourth-order valence-electron chi connectivity index (χ4n) is 12.1. The van der Waals surface area contributed by atoms with Gasteiger partial charge in [0, 0.05) is 25.7 Å². The standard InChI is InChI=1S/C78H152O17P2/c1-5-9-13-17-21-25-28-30-32-34-35-36-37-38-40-42-44-46-49-53-57-61-65-78(83)95-74(69-89-76(81)63-59-55-51-48-45-43-41-39-33-31-29-26-22-18-14-10-6-2)71-93-97(86,87)91-67-72(79)66-90-96(84,85)92-70-73(68-88-75(80)62-58-54-50-24-20-16-12-8-4)94-77(82)64-60-56-52-47-27-23-19-15-11-7-3/h72-74,79H,5-71H2,1-4H3,(H,84,85)(H,86,87)/t72-,73+,74+/m0/s1. The molecule has 0 aromatic rings. The summed E-state index contributed by atoms with van der Waals surface area (Å²) in [5.41, 5.74) is 0. The molecule has 0 saturated carbocycles. The van der Waals surface area contributed by atoms with E-state index in [2.05, 4.69) is 27.7 Å². The summed E-state index contributed by atoms with van der Waals surface area (Å²) in [6.07, 6.45) is 64.1. The van der Waals surface area contributed by atoms with Crippen LogP contribution in [0.1, 0.15) is 419 Å². The smallest absolute Gasteiger partial charge is 0.462 e. The quantitative estimate of drug-likeness (QED) is 0.0222. The Kier molecular flexibility index (Phi) is 71.0. The molecular weight excluding hydrogens is 1270 g/mol. The molecule has 0 rings (SSSR count). The minimum atomic E-state index is -4.96. The van der Waals surface area contributed by atoms with E-state index in [4.69, 9.17) is 37.0 Å². The van der Waals surface area contributed by atoms with Gasteiger partial charge in [-0.15, -0.1) is 0 Å². The summed E-state index contributed by atoms with van der Waals surface area (Å²) >= 11 is 0. The molecule has 17 nitrogen and oxygen atoms in total. The first kappa shape index (κ1) is 95.1. The van der Waals surface area contributed by atoms with Crippen LogP contribution >= 0.6 is 15.6 Å². The van der Waals surface area contributed by atoms with Gasteiger partial charge in [0.15, 0.2) is 12.2 Å². The first-order chi connectivity index (χ1) is 47.2. The Morgan fingerprint density at radius 1 is 0.247 bits per heavy atom. The zero-order valence-electron chi connectivity index (χ0n) is 63.1. The molecule has 0 radical (unpaired) electrons. The van der Waals surface area contributed by atoms with Crippen LogP contribution in [0.4, 0.5) is 0 Å². The van der Waals surface area contributed by atoms with E-state index < -0.39 is 97.5 Å². The van der Waals surface area contributed by atoms with Crippen LogP contribution in [-0.4, -0.2) is 96.7 Å². The van der Waals surface area contributed by atoms with E-state index in [-0.39, 0.29) is 25.7 Å². The summed E-state index contributed by atoms with van der Waals surface area (Å²) in [4.78, 5) is 72.7. The third kappa shape index (κ3) is 72.2. The lowest BCUT2D eigenvalue weighted by Gasteiger charge is -2.21. The largest absolute Gasteiger partial charge is 0.472 e. The lowest BCUT2D eigenvalue weighted by Crippen LogP contribution is -2.30. The van der Waals surface area contributed by atoms with Crippen LogP contribution < -0.4 is 0 Å². The SMILES string of the molecule is CCCCCCCCCCCCCCCCCCCCCCCCC(=O)O[C@H](COC(=O)CCCCCCCCCCCCCCCCCCC)COP(=O)(O)OC[C@@H](O)COP(=O)(O)OC[C@@H](COC(=O)CCCCCCCCCC)OC(=O)CCCCCCCCCCCC. The van der Waals surface area contributed by atoms with Gasteiger partial charge in [0.2, 0.25) is 0 Å². The number of aliphatic hydroxyl groups excluding tert-OH is 1. The van der Waals surface area contributed by atoms with Crippen LogP contribution in [0.15, 0.2) is 0 Å². The highest BCUT2D eigenvalue weighted by Gasteiger charge is 2.30. The lowest BCUT2D eigenvalue weighted by molar-refractivity contribution is -0.161. The molecule has 5 atom stereocenters. The molecule has 0 fully saturated rings. The number of carbonyl (C=O) groups excluding carboxylic acids is 4. The third-order valence-corrected chi connectivity index (χ3v) is 20.3. The highest BCUT2D eigenvalue weighted by Crippen LogP contribution is 2.45. The molecule has 0 aromatic heterocycles. The fraction of sp³-hybridized carbons (Fsp3) is 0.949. The molecule has 0 aliphatic rings. The van der Waals surface area contributed by atoms with Crippen LogP contribution in [0.25, 0.3) is 0 Å². The minimum absolute atomic E-state index is 0.107. The van der Waals surface area contributed by atoms with E-state index >= 15 is 0 Å². The highest BCUT2D eigenvalue weighted by atomic mass is 31.2. The minimum Gasteiger partial charge on any atom is -0.462 e. The van der Waals surface area contributed by atoms with E-state index in [0.29, 0.717) is 25.7 Å². The Balaban J connectivity index is 5.15. The van der Waals surface area contributed by atoms with Crippen molar-refractivity contribution in [3.05, 3.63) is 0 Å². The number of hydrogen-bond donors (Lipinski definition) is 3. The lowest BCUT2D eigenvalue weighted by atomic mass is 10.0. The van der Waals surface area contributed by atoms with Crippen molar-refractivity contribution in [1.29, 1.82) is 0 Å². The number of unbranched alkanes of at least 4 members (excludes halogenated alkanes) is 53. The average Bonchev–Trinajstić information content (AvgIpc) is 1.88. The topological polar surface area (TPSA) is 237 Å². The van der Waals surface area contributed by atoms with E-state index in [1.165, 1.54) is 244 Å². The second-order valence-electron chi connectivity index (χ2n) is 28.1. The van der Waals surface area contributed by atoms with Gasteiger partial charge in [-0.25, -0.2) is 9.13 Å². The third-order valence-electron chi connectivity index (χ3n) is 18.4. The molecule has 0 aromatic carbocycles. The molecule has 0 amide bonds. The van der Waals surface area contributed by atoms with Gasteiger partial charge in [0.05, 0.1) is 26.4 Å². The first-order valence-electron chi connectivity index (χ1n) is 40.8. The summed E-state index contributed by atoms with van der Waals surface area (Å²) in [7, 11) is -9.90. The number of phosphoric acid groups is 2. The molecule has 3 N–H and O–H groups in total. The molecule has 0 aliphatic carbocycles. The maximum atomic E-state index is 13.1. The number of hydrogen-bond acceptors (Lipinski definition) is 15. The van der Waals surface area contributed by atoms with Crippen molar-refractivity contribution in [2.75, 3.05) is 39.6 Å². The molecule has 0 spiro atoms. The molecule has 97 heavy (non-hydrogen) atoms. The summed E-state index contributed by atoms with van der Waals surface area (Å²) in [5.74, 6) is -2.11. The number of esters is 4. The van der Waals surface area contributed by atoms with E-state index in [1.807, 2.05) is 0 Å². The van der Waals surface area contributed by atoms with Crippen LogP contribution in [-0.2, 0) is 65.4 Å². The Labute approximate surface area is 594 Å². The van der Waals surface area contributed by atoms with Crippen molar-refractivity contribution in [2.45, 2.75) is 438 Å². The van der Waals surface area contributed by atoms with Gasteiger partial charge in [-0.2, -0.15) is 0 Å². The molecule has 0 aliphatic heterocycles. The van der Waals surface area contributed by atoms with Crippen molar-refractivity contribution in [1.82, 2.24) is 0 Å². The average molecular weight is 1420 g/mol. The molecular formula is C78H152O17P2. The number of carbonyl (C=O) groups is 4. The number of phosphoric ester groups is 2. The zero-order chi connectivity index (χ0) is 71.1. The predicted octanol–water partition coefficient (Wildman–Crippen LogP) is 23.4. The maximum Gasteiger partial charge on any atom is 0.472 e. The van der Waals surface area contributed by atoms with E-state index in [9.17, 15) is 43.2 Å². The van der Waals surface area contributed by atoms with Gasteiger partial charge in [-0.05, 0) is 25.7 Å². The Bertz CT molecular complexity index is 1840. The first-order valence-corrected chi connectivity index (χ1v) is 43.8. The van der Waals surface area contributed by atoms with E-state index in [0.717, 1.165) is 96.3 Å². The Morgan fingerprint density at radius 3 is 0.608 bits per heavy atom. The van der Waals surface area contributed by atoms with Gasteiger partial charge in [-0.3, -0.25) is 37.3 Å². The second kappa shape index (κ2) is 72.4. The summed E-state index contributed by atoms with van der Waals surface area (Å²) < 4.78 is 68.5. The molecule has 576 valence electrons. The summed E-state index contributed by atoms with van der Waals surface area (Å²) in [5, 5.41) is 10.6. The van der Waals surface area contributed by atoms with Gasteiger partial charge in [-0.1, -0.05) is 368 Å². The van der Waals surface area contributed by atoms with Crippen LogP contribution in [0.5, 0.6) is 0 Å². The summed E-state index contributed by atoms with van der Waals surface area (Å²) in [6.45, 7) is 4.96. The van der Waals surface area contributed by atoms with Crippen molar-refractivity contribution in [2.24, 2.45) is 0 Å². The van der Waals surface area contributed by atoms with Crippen LogP contribution in [0.3, 0.4) is 0 Å². The molecule has 0 heterocycles. The van der Waals surface area contributed by atoms with Crippen molar-refractivity contribution < 1.29 is 80.2 Å². The zero-order valence-corrected chi connectivity index (χ0v) is 64.8. The summed E-state index contributed by atoms with van der Waals surface area (Å²) in [6, 6.07) is 0. The second-order valence-corrected chi connectivity index (χ2v) is 31.0. The molecule has 2 unspecified atom stereocenters. The van der Waals surface area contributed by atoms with Crippen molar-refractivity contribution >= 4 is 39.5 Å². The predicted molar refractivity (Wildman–Crippen MR) is 395 cm³/mol. The normalized spacial score (nSPS) is 13.8. The van der Waals surface area contributed by atoms with Gasteiger partial charge in [0.25, 0.3) is 0 Å². The highest BCUT2D eigenvalue weighted by molar-refractivity contribution is 7.47. The van der Waals surface area contributed by atoms with Crippen LogP contribution in [0.2, 0.25) is 0 Å². The monoisotopic (exact) mass is 1420 g/mol. The van der Waals surface area contributed by atoms with Crippen molar-refractivity contribution in [3.8, 4) is 0 Å². The van der Waals surface area contributed by atoms with Gasteiger partial charge in [0.1, 0.15) is 19.3 Å². The Hall–Kier alpha value is -1.94. The van der Waals surface area contributed by atoms with Gasteiger partial charge < -0.3 is 33.8 Å². The molecule has 19 heteroatoms. The molecule has 0 bridgehead atoms. The molecule has 0 saturated heterocycles. The van der Waals surface area contributed by atoms with E-state index in [1.54, 1.807) is 0 Å². The van der Waals surface area contributed by atoms with Crippen molar-refractivity contribution in [3.63, 3.8) is 0 Å². The number of aliphatic hydroxyl groups is 1. The number of rotatable bonds is 79. The van der Waals surface area contributed by atoms with Gasteiger partial charge >= 0.3 is 39.5 Å². The number of ether oxygens (including phenoxy) is 4. The maximum absolute atomic E-state index is 13.1.